The topological polar surface area (TPSA) is 23.6 Å². The zero-order valence-corrected chi connectivity index (χ0v) is 10.9. The van der Waals surface area contributed by atoms with Crippen molar-refractivity contribution < 1.29 is 9.18 Å². The van der Waals surface area contributed by atoms with E-state index >= 15 is 0 Å². The van der Waals surface area contributed by atoms with Crippen molar-refractivity contribution in [2.24, 2.45) is 0 Å². The highest BCUT2D eigenvalue weighted by molar-refractivity contribution is 5.77. The molecule has 1 aromatic rings. The van der Waals surface area contributed by atoms with E-state index in [1.165, 1.54) is 12.1 Å². The van der Waals surface area contributed by atoms with Crippen LogP contribution in [0.3, 0.4) is 0 Å². The summed E-state index contributed by atoms with van der Waals surface area (Å²) in [6, 6.07) is 5.06. The van der Waals surface area contributed by atoms with Crippen LogP contribution in [0.1, 0.15) is 24.2 Å². The molecule has 0 bridgehead atoms. The third-order valence-corrected chi connectivity index (χ3v) is 3.45. The van der Waals surface area contributed by atoms with Gasteiger partial charge in [-0.1, -0.05) is 0 Å². The first-order valence-corrected chi connectivity index (χ1v) is 6.35. The lowest BCUT2D eigenvalue weighted by Gasteiger charge is -2.38. The van der Waals surface area contributed by atoms with Gasteiger partial charge in [-0.3, -0.25) is 9.69 Å². The van der Waals surface area contributed by atoms with Crippen molar-refractivity contribution in [1.29, 1.82) is 0 Å². The second kappa shape index (κ2) is 5.48. The van der Waals surface area contributed by atoms with Gasteiger partial charge in [0.2, 0.25) is 0 Å². The van der Waals surface area contributed by atoms with Gasteiger partial charge in [0, 0.05) is 43.5 Å². The molecule has 1 aliphatic rings. The third kappa shape index (κ3) is 2.88. The quantitative estimate of drug-likeness (QED) is 0.768. The van der Waals surface area contributed by atoms with Crippen molar-refractivity contribution in [2.45, 2.75) is 19.9 Å². The molecular weight excluding hydrogens is 231 g/mol. The zero-order valence-electron chi connectivity index (χ0n) is 10.9. The lowest BCUT2D eigenvalue weighted by Crippen LogP contribution is -2.48. The molecule has 1 aromatic carbocycles. The highest BCUT2D eigenvalue weighted by atomic mass is 19.1. The predicted octanol–water partition coefficient (Wildman–Crippen LogP) is 2.17. The number of hydrogen-bond donors (Lipinski definition) is 0. The number of nitrogens with zero attached hydrogens (tertiary/aromatic N) is 2. The monoisotopic (exact) mass is 250 g/mol. The van der Waals surface area contributed by atoms with Crippen LogP contribution in [0.4, 0.5) is 10.1 Å². The number of aldehydes is 1. The Morgan fingerprint density at radius 2 is 1.83 bits per heavy atom. The van der Waals surface area contributed by atoms with Gasteiger partial charge >= 0.3 is 0 Å². The standard InChI is InChI=1S/C14H19FN2O/c1-11(2)16-3-5-17(6-4-16)14-8-12(10-18)7-13(15)9-14/h7-11H,3-6H2,1-2H3. The van der Waals surface area contributed by atoms with Gasteiger partial charge in [-0.2, -0.15) is 0 Å². The molecule has 0 unspecified atom stereocenters. The maximum absolute atomic E-state index is 13.4. The Hall–Kier alpha value is -1.42. The van der Waals surface area contributed by atoms with Crippen LogP contribution in [0.25, 0.3) is 0 Å². The second-order valence-electron chi connectivity index (χ2n) is 4.98. The molecule has 0 radical (unpaired) electrons. The molecule has 4 heteroatoms. The van der Waals surface area contributed by atoms with Crippen molar-refractivity contribution in [2.75, 3.05) is 31.1 Å². The Labute approximate surface area is 107 Å². The van der Waals surface area contributed by atoms with Crippen LogP contribution in [0.2, 0.25) is 0 Å². The van der Waals surface area contributed by atoms with Gasteiger partial charge in [0.05, 0.1) is 0 Å². The zero-order chi connectivity index (χ0) is 13.1. The van der Waals surface area contributed by atoms with Gasteiger partial charge in [0.1, 0.15) is 12.1 Å². The molecule has 18 heavy (non-hydrogen) atoms. The fraction of sp³-hybridized carbons (Fsp3) is 0.500. The van der Waals surface area contributed by atoms with E-state index in [9.17, 15) is 9.18 Å². The van der Waals surface area contributed by atoms with Crippen LogP contribution in [0, 0.1) is 5.82 Å². The summed E-state index contributed by atoms with van der Waals surface area (Å²) < 4.78 is 13.4. The first-order chi connectivity index (χ1) is 8.60. The highest BCUT2D eigenvalue weighted by Gasteiger charge is 2.19. The smallest absolute Gasteiger partial charge is 0.150 e. The van der Waals surface area contributed by atoms with Crippen molar-refractivity contribution in [1.82, 2.24) is 4.90 Å². The molecule has 1 aliphatic heterocycles. The molecule has 2 rings (SSSR count). The summed E-state index contributed by atoms with van der Waals surface area (Å²) in [4.78, 5) is 15.3. The number of piperazine rings is 1. The number of benzene rings is 1. The highest BCUT2D eigenvalue weighted by Crippen LogP contribution is 2.20. The van der Waals surface area contributed by atoms with Crippen LogP contribution in [-0.4, -0.2) is 43.4 Å². The molecule has 0 N–H and O–H groups in total. The first-order valence-electron chi connectivity index (χ1n) is 6.35. The van der Waals surface area contributed by atoms with E-state index in [0.29, 0.717) is 17.9 Å². The molecule has 1 fully saturated rings. The van der Waals surface area contributed by atoms with Crippen molar-refractivity contribution >= 4 is 12.0 Å². The summed E-state index contributed by atoms with van der Waals surface area (Å²) in [5.74, 6) is -0.346. The Kier molecular flexibility index (Phi) is 3.97. The number of anilines is 1. The summed E-state index contributed by atoms with van der Waals surface area (Å²) in [6.45, 7) is 8.07. The molecular formula is C14H19FN2O. The normalized spacial score (nSPS) is 17.2. The van der Waals surface area contributed by atoms with Crippen molar-refractivity contribution in [3.05, 3.63) is 29.6 Å². The summed E-state index contributed by atoms with van der Waals surface area (Å²) in [6.07, 6.45) is 0.691. The van der Waals surface area contributed by atoms with Crippen LogP contribution >= 0.6 is 0 Å². The lowest BCUT2D eigenvalue weighted by molar-refractivity contribution is 0.112. The van der Waals surface area contributed by atoms with Crippen molar-refractivity contribution in [3.63, 3.8) is 0 Å². The van der Waals surface area contributed by atoms with Gasteiger partial charge < -0.3 is 4.90 Å². The van der Waals surface area contributed by atoms with Crippen LogP contribution in [-0.2, 0) is 0 Å². The van der Waals surface area contributed by atoms with Gasteiger partial charge in [0.15, 0.2) is 0 Å². The molecule has 0 amide bonds. The minimum absolute atomic E-state index is 0.346. The summed E-state index contributed by atoms with van der Waals surface area (Å²) in [5, 5.41) is 0. The van der Waals surface area contributed by atoms with Crippen molar-refractivity contribution in [3.8, 4) is 0 Å². The first kappa shape index (κ1) is 13.0. The maximum Gasteiger partial charge on any atom is 0.150 e. The molecule has 1 saturated heterocycles. The van der Waals surface area contributed by atoms with Crippen LogP contribution < -0.4 is 4.90 Å². The third-order valence-electron chi connectivity index (χ3n) is 3.45. The molecule has 98 valence electrons. The molecule has 0 saturated carbocycles. The molecule has 0 atom stereocenters. The second-order valence-corrected chi connectivity index (χ2v) is 4.98. The van der Waals surface area contributed by atoms with E-state index in [0.717, 1.165) is 31.9 Å². The Bertz CT molecular complexity index is 426. The fourth-order valence-electron chi connectivity index (χ4n) is 2.34. The Balaban J connectivity index is 2.09. The van der Waals surface area contributed by atoms with E-state index < -0.39 is 0 Å². The van der Waals surface area contributed by atoms with E-state index in [4.69, 9.17) is 0 Å². The number of rotatable bonds is 3. The number of halogens is 1. The Morgan fingerprint density at radius 3 is 2.39 bits per heavy atom. The van der Waals surface area contributed by atoms with Crippen LogP contribution in [0.5, 0.6) is 0 Å². The minimum atomic E-state index is -0.346. The molecule has 3 nitrogen and oxygen atoms in total. The van der Waals surface area contributed by atoms with Crippen LogP contribution in [0.15, 0.2) is 18.2 Å². The molecule has 0 aromatic heterocycles. The average Bonchev–Trinajstić information content (AvgIpc) is 2.38. The maximum atomic E-state index is 13.4. The summed E-state index contributed by atoms with van der Waals surface area (Å²) in [5.41, 5.74) is 1.21. The predicted molar refractivity (Wildman–Crippen MR) is 70.7 cm³/mol. The lowest BCUT2D eigenvalue weighted by atomic mass is 10.1. The molecule has 1 heterocycles. The fourth-order valence-corrected chi connectivity index (χ4v) is 2.34. The van der Waals surface area contributed by atoms with E-state index in [1.54, 1.807) is 6.07 Å². The van der Waals surface area contributed by atoms with Gasteiger partial charge in [-0.25, -0.2) is 4.39 Å². The van der Waals surface area contributed by atoms with Gasteiger partial charge in [-0.15, -0.1) is 0 Å². The number of carbonyl (C=O) groups excluding carboxylic acids is 1. The SMILES string of the molecule is CC(C)N1CCN(c2cc(F)cc(C=O)c2)CC1. The number of carbonyl (C=O) groups is 1. The average molecular weight is 250 g/mol. The van der Waals surface area contributed by atoms with Gasteiger partial charge in [-0.05, 0) is 32.0 Å². The summed E-state index contributed by atoms with van der Waals surface area (Å²) >= 11 is 0. The minimum Gasteiger partial charge on any atom is -0.369 e. The van der Waals surface area contributed by atoms with E-state index in [1.807, 2.05) is 0 Å². The van der Waals surface area contributed by atoms with Gasteiger partial charge in [0.25, 0.3) is 0 Å². The molecule has 0 aliphatic carbocycles. The Morgan fingerprint density at radius 1 is 1.17 bits per heavy atom. The summed E-state index contributed by atoms with van der Waals surface area (Å²) in [7, 11) is 0. The number of hydrogen-bond acceptors (Lipinski definition) is 3. The molecule has 0 spiro atoms. The van der Waals surface area contributed by atoms with E-state index in [2.05, 4.69) is 23.6 Å². The van der Waals surface area contributed by atoms with E-state index in [-0.39, 0.29) is 5.82 Å². The largest absolute Gasteiger partial charge is 0.369 e.